The van der Waals surface area contributed by atoms with Gasteiger partial charge in [0.05, 0.1) is 0 Å². The number of likely N-dealkylation sites (N-methyl/N-ethyl adjacent to an activating group) is 1. The molecule has 1 atom stereocenters. The van der Waals surface area contributed by atoms with Crippen molar-refractivity contribution >= 4 is 17.4 Å². The van der Waals surface area contributed by atoms with Gasteiger partial charge >= 0.3 is 0 Å². The van der Waals surface area contributed by atoms with Gasteiger partial charge in [0.2, 0.25) is 5.91 Å². The summed E-state index contributed by atoms with van der Waals surface area (Å²) < 4.78 is 0. The highest BCUT2D eigenvalue weighted by Crippen LogP contribution is 2.14. The largest absolute Gasteiger partial charge is 0.370 e. The van der Waals surface area contributed by atoms with Crippen LogP contribution in [0, 0.1) is 0 Å². The van der Waals surface area contributed by atoms with Crippen molar-refractivity contribution < 1.29 is 4.79 Å². The van der Waals surface area contributed by atoms with E-state index in [4.69, 9.17) is 0 Å². The van der Waals surface area contributed by atoms with E-state index in [0.717, 1.165) is 42.9 Å². The van der Waals surface area contributed by atoms with E-state index in [1.165, 1.54) is 5.56 Å². The molecule has 0 fully saturated rings. The second-order valence-corrected chi connectivity index (χ2v) is 6.74. The molecule has 0 aliphatic carbocycles. The lowest BCUT2D eigenvalue weighted by Gasteiger charge is -2.16. The highest BCUT2D eigenvalue weighted by Gasteiger charge is 2.08. The fraction of sp³-hybridized carbons (Fsp3) is 0.364. The van der Waals surface area contributed by atoms with E-state index in [1.54, 1.807) is 6.20 Å². The molecule has 3 N–H and O–H groups in total. The Morgan fingerprint density at radius 1 is 1.15 bits per heavy atom. The van der Waals surface area contributed by atoms with Crippen LogP contribution in [-0.2, 0) is 11.2 Å². The Labute approximate surface area is 162 Å². The van der Waals surface area contributed by atoms with E-state index < -0.39 is 0 Å². The minimum Gasteiger partial charge on any atom is -0.370 e. The van der Waals surface area contributed by atoms with Gasteiger partial charge in [-0.05, 0) is 63.1 Å². The van der Waals surface area contributed by atoms with Gasteiger partial charge < -0.3 is 16.0 Å². The van der Waals surface area contributed by atoms with E-state index in [9.17, 15) is 4.79 Å². The quantitative estimate of drug-likeness (QED) is 0.415. The summed E-state index contributed by atoms with van der Waals surface area (Å²) >= 11 is 0. The van der Waals surface area contributed by atoms with E-state index in [-0.39, 0.29) is 11.9 Å². The van der Waals surface area contributed by atoms with Gasteiger partial charge in [-0.15, -0.1) is 0 Å². The average Bonchev–Trinajstić information content (AvgIpc) is 2.67. The number of carbonyl (C=O) groups is 1. The summed E-state index contributed by atoms with van der Waals surface area (Å²) in [5.74, 6) is 0.921. The highest BCUT2D eigenvalue weighted by atomic mass is 16.1. The standard InChI is InChI=1S/C22H30N4O/c1-17(2)20(23-3)16-18-10-12-19(13-11-18)26-22(27)9-5-7-15-25-21-8-4-6-14-24-21/h4,6,8,10-14,20,23H,1,5,7,9,15-16H2,2-3H3,(H,24,25)(H,26,27). The first kappa shape index (κ1) is 20.6. The van der Waals surface area contributed by atoms with Crippen LogP contribution in [0.3, 0.4) is 0 Å². The summed E-state index contributed by atoms with van der Waals surface area (Å²) in [6.45, 7) is 6.85. The predicted octanol–water partition coefficient (Wildman–Crippen LogP) is 4.01. The van der Waals surface area contributed by atoms with E-state index in [2.05, 4.69) is 39.6 Å². The first-order valence-electron chi connectivity index (χ1n) is 9.45. The monoisotopic (exact) mass is 366 g/mol. The van der Waals surface area contributed by atoms with Crippen molar-refractivity contribution in [2.24, 2.45) is 0 Å². The zero-order chi connectivity index (χ0) is 19.5. The summed E-state index contributed by atoms with van der Waals surface area (Å²) in [6.07, 6.45) is 4.94. The minimum absolute atomic E-state index is 0.0515. The summed E-state index contributed by atoms with van der Waals surface area (Å²) in [4.78, 5) is 16.3. The third-order valence-corrected chi connectivity index (χ3v) is 4.42. The molecule has 0 spiro atoms. The number of hydrogen-bond donors (Lipinski definition) is 3. The maximum Gasteiger partial charge on any atom is 0.224 e. The molecule has 1 unspecified atom stereocenters. The Balaban J connectivity index is 1.67. The van der Waals surface area contributed by atoms with Crippen LogP contribution in [0.1, 0.15) is 31.7 Å². The number of nitrogens with zero attached hydrogens (tertiary/aromatic N) is 1. The topological polar surface area (TPSA) is 66.0 Å². The van der Waals surface area contributed by atoms with Crippen LogP contribution in [0.25, 0.3) is 0 Å². The van der Waals surface area contributed by atoms with Gasteiger partial charge in [0, 0.05) is 30.9 Å². The molecule has 2 aromatic rings. The lowest BCUT2D eigenvalue weighted by atomic mass is 10.0. The van der Waals surface area contributed by atoms with Gasteiger partial charge in [-0.1, -0.05) is 30.4 Å². The maximum atomic E-state index is 12.1. The summed E-state index contributed by atoms with van der Waals surface area (Å²) in [6, 6.07) is 14.1. The van der Waals surface area contributed by atoms with Crippen molar-refractivity contribution in [3.63, 3.8) is 0 Å². The first-order chi connectivity index (χ1) is 13.1. The van der Waals surface area contributed by atoms with Gasteiger partial charge in [0.25, 0.3) is 0 Å². The molecule has 1 aromatic heterocycles. The molecule has 2 rings (SSSR count). The third-order valence-electron chi connectivity index (χ3n) is 4.42. The number of pyridine rings is 1. The molecule has 0 bridgehead atoms. The molecule has 1 aromatic carbocycles. The molecule has 27 heavy (non-hydrogen) atoms. The molecule has 5 heteroatoms. The average molecular weight is 367 g/mol. The lowest BCUT2D eigenvalue weighted by molar-refractivity contribution is -0.116. The second kappa shape index (κ2) is 11.1. The van der Waals surface area contributed by atoms with Crippen LogP contribution in [0.15, 0.2) is 60.8 Å². The van der Waals surface area contributed by atoms with Crippen LogP contribution in [-0.4, -0.2) is 30.5 Å². The fourth-order valence-corrected chi connectivity index (χ4v) is 2.80. The van der Waals surface area contributed by atoms with Crippen molar-refractivity contribution in [3.05, 3.63) is 66.4 Å². The van der Waals surface area contributed by atoms with Gasteiger partial charge in [0.1, 0.15) is 5.82 Å². The lowest BCUT2D eigenvalue weighted by Crippen LogP contribution is -2.28. The maximum absolute atomic E-state index is 12.1. The molecular formula is C22H30N4O. The highest BCUT2D eigenvalue weighted by molar-refractivity contribution is 5.90. The summed E-state index contributed by atoms with van der Waals surface area (Å²) in [7, 11) is 1.94. The van der Waals surface area contributed by atoms with Gasteiger partial charge in [0.15, 0.2) is 0 Å². The molecular weight excluding hydrogens is 336 g/mol. The summed E-state index contributed by atoms with van der Waals surface area (Å²) in [5.41, 5.74) is 3.18. The Morgan fingerprint density at radius 3 is 2.56 bits per heavy atom. The minimum atomic E-state index is 0.0515. The number of anilines is 2. The van der Waals surface area contributed by atoms with Crippen LogP contribution in [0.5, 0.6) is 0 Å². The number of unbranched alkanes of at least 4 members (excludes halogenated alkanes) is 1. The molecule has 1 heterocycles. The molecule has 1 amide bonds. The number of benzene rings is 1. The normalized spacial score (nSPS) is 11.6. The smallest absolute Gasteiger partial charge is 0.224 e. The molecule has 0 saturated carbocycles. The number of aromatic nitrogens is 1. The molecule has 5 nitrogen and oxygen atoms in total. The number of rotatable bonds is 11. The zero-order valence-electron chi connectivity index (χ0n) is 16.3. The van der Waals surface area contributed by atoms with Crippen LogP contribution in [0.2, 0.25) is 0 Å². The fourth-order valence-electron chi connectivity index (χ4n) is 2.80. The Bertz CT molecular complexity index is 713. The zero-order valence-corrected chi connectivity index (χ0v) is 16.3. The summed E-state index contributed by atoms with van der Waals surface area (Å²) in [5, 5.41) is 9.47. The van der Waals surface area contributed by atoms with Crippen molar-refractivity contribution in [2.45, 2.75) is 38.6 Å². The Hall–Kier alpha value is -2.66. The Kier molecular flexibility index (Phi) is 8.52. The van der Waals surface area contributed by atoms with Crippen molar-refractivity contribution in [3.8, 4) is 0 Å². The molecule has 0 aliphatic heterocycles. The third kappa shape index (κ3) is 7.62. The molecule has 0 saturated heterocycles. The second-order valence-electron chi connectivity index (χ2n) is 6.74. The van der Waals surface area contributed by atoms with Crippen LogP contribution in [0.4, 0.5) is 11.5 Å². The number of hydrogen-bond acceptors (Lipinski definition) is 4. The Morgan fingerprint density at radius 2 is 1.93 bits per heavy atom. The van der Waals surface area contributed by atoms with Crippen LogP contribution < -0.4 is 16.0 Å². The van der Waals surface area contributed by atoms with Crippen LogP contribution >= 0.6 is 0 Å². The van der Waals surface area contributed by atoms with Crippen molar-refractivity contribution in [1.29, 1.82) is 0 Å². The van der Waals surface area contributed by atoms with Gasteiger partial charge in [-0.25, -0.2) is 4.98 Å². The van der Waals surface area contributed by atoms with Gasteiger partial charge in [-0.2, -0.15) is 0 Å². The SMILES string of the molecule is C=C(C)C(Cc1ccc(NC(=O)CCCCNc2ccccn2)cc1)NC. The van der Waals surface area contributed by atoms with E-state index in [1.807, 2.05) is 44.3 Å². The number of carbonyl (C=O) groups excluding carboxylic acids is 1. The molecule has 144 valence electrons. The van der Waals surface area contributed by atoms with E-state index in [0.29, 0.717) is 6.42 Å². The molecule has 0 radical (unpaired) electrons. The van der Waals surface area contributed by atoms with Crippen molar-refractivity contribution in [1.82, 2.24) is 10.3 Å². The van der Waals surface area contributed by atoms with Gasteiger partial charge in [-0.3, -0.25) is 4.79 Å². The first-order valence-corrected chi connectivity index (χ1v) is 9.45. The number of nitrogens with one attached hydrogen (secondary N) is 3. The predicted molar refractivity (Wildman–Crippen MR) is 113 cm³/mol. The molecule has 0 aliphatic rings. The number of amides is 1. The van der Waals surface area contributed by atoms with E-state index >= 15 is 0 Å². The van der Waals surface area contributed by atoms with Crippen molar-refractivity contribution in [2.75, 3.05) is 24.2 Å².